The number of guanidine groups is 1. The van der Waals surface area contributed by atoms with Gasteiger partial charge in [-0.1, -0.05) is 49.4 Å². The van der Waals surface area contributed by atoms with Gasteiger partial charge in [-0.3, -0.25) is 4.90 Å². The number of nitrogens with one attached hydrogen (secondary N) is 1. The Morgan fingerprint density at radius 3 is 2.31 bits per heavy atom. The number of nitrogens with two attached hydrogens (primary N) is 1. The van der Waals surface area contributed by atoms with E-state index in [0.717, 1.165) is 18.2 Å². The summed E-state index contributed by atoms with van der Waals surface area (Å²) in [6.45, 7) is 6.43. The Balaban J connectivity index is 0.00000243. The molecule has 140 valence electrons. The van der Waals surface area contributed by atoms with Crippen LogP contribution in [-0.4, -0.2) is 23.9 Å². The summed E-state index contributed by atoms with van der Waals surface area (Å²) >= 11 is 0. The smallest absolute Gasteiger partial charge is 0.193 e. The predicted octanol–water partition coefficient (Wildman–Crippen LogP) is 4.46. The molecule has 1 heterocycles. The van der Waals surface area contributed by atoms with Gasteiger partial charge in [0.2, 0.25) is 0 Å². The van der Waals surface area contributed by atoms with Crippen molar-refractivity contribution in [2.24, 2.45) is 16.6 Å². The minimum atomic E-state index is 0. The van der Waals surface area contributed by atoms with Crippen molar-refractivity contribution in [3.63, 3.8) is 0 Å². The fourth-order valence-electron chi connectivity index (χ4n) is 3.11. The lowest BCUT2D eigenvalue weighted by atomic mass is 9.99. The number of rotatable bonds is 5. The van der Waals surface area contributed by atoms with Crippen molar-refractivity contribution in [3.8, 4) is 0 Å². The molecule has 3 N–H and O–H groups in total. The summed E-state index contributed by atoms with van der Waals surface area (Å²) in [5, 5.41) is 3.10. The number of piperidine rings is 1. The van der Waals surface area contributed by atoms with Crippen molar-refractivity contribution in [2.45, 2.75) is 32.9 Å². The lowest BCUT2D eigenvalue weighted by Gasteiger charge is -2.30. The van der Waals surface area contributed by atoms with Crippen molar-refractivity contribution in [3.05, 3.63) is 65.7 Å². The summed E-state index contributed by atoms with van der Waals surface area (Å²) in [4.78, 5) is 6.97. The molecule has 0 aromatic heterocycles. The van der Waals surface area contributed by atoms with Gasteiger partial charge in [0.05, 0.1) is 6.54 Å². The summed E-state index contributed by atoms with van der Waals surface area (Å²) in [6.07, 6.45) is 2.64. The largest absolute Gasteiger partial charge is 0.370 e. The van der Waals surface area contributed by atoms with Crippen molar-refractivity contribution < 1.29 is 0 Å². The fraction of sp³-hybridized carbons (Fsp3) is 0.381. The van der Waals surface area contributed by atoms with Gasteiger partial charge in [-0.2, -0.15) is 0 Å². The van der Waals surface area contributed by atoms with Crippen LogP contribution in [0.1, 0.15) is 30.9 Å². The van der Waals surface area contributed by atoms with Crippen LogP contribution in [0.2, 0.25) is 0 Å². The first-order chi connectivity index (χ1) is 12.2. The van der Waals surface area contributed by atoms with E-state index in [1.54, 1.807) is 0 Å². The molecule has 0 radical (unpaired) electrons. The molecule has 3 rings (SSSR count). The van der Waals surface area contributed by atoms with Crippen molar-refractivity contribution >= 4 is 35.6 Å². The Labute approximate surface area is 173 Å². The summed E-state index contributed by atoms with van der Waals surface area (Å²) in [6, 6.07) is 18.6. The zero-order valence-electron chi connectivity index (χ0n) is 15.4. The van der Waals surface area contributed by atoms with E-state index in [0.29, 0.717) is 12.5 Å². The second kappa shape index (κ2) is 10.5. The monoisotopic (exact) mass is 464 g/mol. The molecular weight excluding hydrogens is 435 g/mol. The molecule has 0 amide bonds. The van der Waals surface area contributed by atoms with E-state index in [9.17, 15) is 0 Å². The summed E-state index contributed by atoms with van der Waals surface area (Å²) in [5.41, 5.74) is 9.45. The van der Waals surface area contributed by atoms with E-state index >= 15 is 0 Å². The highest BCUT2D eigenvalue weighted by atomic mass is 127. The minimum Gasteiger partial charge on any atom is -0.370 e. The van der Waals surface area contributed by atoms with Crippen molar-refractivity contribution in [1.29, 1.82) is 0 Å². The van der Waals surface area contributed by atoms with E-state index in [1.807, 2.05) is 30.3 Å². The molecule has 1 fully saturated rings. The van der Waals surface area contributed by atoms with Gasteiger partial charge in [-0.15, -0.1) is 24.0 Å². The Kier molecular flexibility index (Phi) is 8.38. The number of nitrogens with zero attached hydrogens (tertiary/aromatic N) is 2. The average Bonchev–Trinajstić information content (AvgIpc) is 2.64. The second-order valence-corrected chi connectivity index (χ2v) is 6.97. The first kappa shape index (κ1) is 20.7. The Hall–Kier alpha value is -1.60. The Bertz CT molecular complexity index is 677. The SMILES string of the molecule is CC1CCN(Cc2ccc(CN=C(N)Nc3ccccc3)cc2)CC1.I. The lowest BCUT2D eigenvalue weighted by Crippen LogP contribution is -2.32. The Morgan fingerprint density at radius 1 is 1.04 bits per heavy atom. The Morgan fingerprint density at radius 2 is 1.65 bits per heavy atom. The number of hydrogen-bond donors (Lipinski definition) is 2. The molecule has 1 aliphatic rings. The van der Waals surface area contributed by atoms with Crippen molar-refractivity contribution in [2.75, 3.05) is 18.4 Å². The highest BCUT2D eigenvalue weighted by molar-refractivity contribution is 14.0. The molecule has 4 nitrogen and oxygen atoms in total. The molecule has 2 aromatic carbocycles. The van der Waals surface area contributed by atoms with Crippen LogP contribution in [0.15, 0.2) is 59.6 Å². The van der Waals surface area contributed by atoms with Crippen LogP contribution in [0, 0.1) is 5.92 Å². The van der Waals surface area contributed by atoms with E-state index in [4.69, 9.17) is 5.73 Å². The molecule has 0 saturated carbocycles. The molecule has 1 saturated heterocycles. The van der Waals surface area contributed by atoms with Crippen LogP contribution >= 0.6 is 24.0 Å². The van der Waals surface area contributed by atoms with Crippen LogP contribution in [-0.2, 0) is 13.1 Å². The summed E-state index contributed by atoms with van der Waals surface area (Å²) in [5.74, 6) is 1.32. The molecule has 0 aliphatic carbocycles. The van der Waals surface area contributed by atoms with Crippen molar-refractivity contribution in [1.82, 2.24) is 4.90 Å². The fourth-order valence-corrected chi connectivity index (χ4v) is 3.11. The minimum absolute atomic E-state index is 0. The highest BCUT2D eigenvalue weighted by Gasteiger charge is 2.15. The van der Waals surface area contributed by atoms with Gasteiger partial charge in [0.25, 0.3) is 0 Å². The molecule has 1 aliphatic heterocycles. The predicted molar refractivity (Wildman–Crippen MR) is 121 cm³/mol. The van der Waals surface area contributed by atoms with Crippen LogP contribution < -0.4 is 11.1 Å². The average molecular weight is 464 g/mol. The quantitative estimate of drug-likeness (QED) is 0.390. The number of para-hydroxylation sites is 1. The molecule has 0 atom stereocenters. The molecule has 2 aromatic rings. The maximum atomic E-state index is 5.95. The van der Waals surface area contributed by atoms with Gasteiger partial charge in [0.15, 0.2) is 5.96 Å². The molecule has 5 heteroatoms. The molecule has 0 bridgehead atoms. The van der Waals surface area contributed by atoms with E-state index in [2.05, 4.69) is 46.4 Å². The third-order valence-electron chi connectivity index (χ3n) is 4.78. The number of benzene rings is 2. The van der Waals surface area contributed by atoms with Gasteiger partial charge in [0, 0.05) is 12.2 Å². The van der Waals surface area contributed by atoms with Gasteiger partial charge in [0.1, 0.15) is 0 Å². The normalized spacial score (nSPS) is 16.1. The maximum absolute atomic E-state index is 5.95. The highest BCUT2D eigenvalue weighted by Crippen LogP contribution is 2.18. The van der Waals surface area contributed by atoms with Crippen LogP contribution in [0.25, 0.3) is 0 Å². The lowest BCUT2D eigenvalue weighted by molar-refractivity contribution is 0.185. The summed E-state index contributed by atoms with van der Waals surface area (Å²) < 4.78 is 0. The van der Waals surface area contributed by atoms with E-state index in [1.165, 1.54) is 37.1 Å². The first-order valence-corrected chi connectivity index (χ1v) is 9.11. The first-order valence-electron chi connectivity index (χ1n) is 9.11. The number of anilines is 1. The van der Waals surface area contributed by atoms with Gasteiger partial charge in [-0.25, -0.2) is 4.99 Å². The van der Waals surface area contributed by atoms with Crippen LogP contribution in [0.4, 0.5) is 5.69 Å². The van der Waals surface area contributed by atoms with Gasteiger partial charge < -0.3 is 11.1 Å². The number of likely N-dealkylation sites (tertiary alicyclic amines) is 1. The van der Waals surface area contributed by atoms with E-state index in [-0.39, 0.29) is 24.0 Å². The number of hydrogen-bond acceptors (Lipinski definition) is 2. The molecule has 26 heavy (non-hydrogen) atoms. The number of halogens is 1. The third-order valence-corrected chi connectivity index (χ3v) is 4.78. The van der Waals surface area contributed by atoms with Crippen LogP contribution in [0.5, 0.6) is 0 Å². The molecule has 0 unspecified atom stereocenters. The zero-order chi connectivity index (χ0) is 17.5. The second-order valence-electron chi connectivity index (χ2n) is 6.97. The number of aliphatic imine (C=N–C) groups is 1. The molecule has 0 spiro atoms. The van der Waals surface area contributed by atoms with Crippen LogP contribution in [0.3, 0.4) is 0 Å². The summed E-state index contributed by atoms with van der Waals surface area (Å²) in [7, 11) is 0. The zero-order valence-corrected chi connectivity index (χ0v) is 17.7. The van der Waals surface area contributed by atoms with Gasteiger partial charge >= 0.3 is 0 Å². The van der Waals surface area contributed by atoms with E-state index < -0.39 is 0 Å². The third kappa shape index (κ3) is 6.61. The topological polar surface area (TPSA) is 53.6 Å². The molecular formula is C21H29IN4. The standard InChI is InChI=1S/C21H28N4.HI/c1-17-11-13-25(14-12-17)16-19-9-7-18(8-10-19)15-23-21(22)24-20-5-3-2-4-6-20;/h2-10,17H,11-16H2,1H3,(H3,22,23,24);1H. The van der Waals surface area contributed by atoms with Gasteiger partial charge in [-0.05, 0) is 55.1 Å². The maximum Gasteiger partial charge on any atom is 0.193 e.